The summed E-state index contributed by atoms with van der Waals surface area (Å²) in [5, 5.41) is 2.54. The van der Waals surface area contributed by atoms with E-state index in [1.807, 2.05) is 0 Å². The Morgan fingerprint density at radius 3 is 2.05 bits per heavy atom. The van der Waals surface area contributed by atoms with Crippen LogP contribution in [0.2, 0.25) is 0 Å². The van der Waals surface area contributed by atoms with Crippen molar-refractivity contribution in [1.29, 1.82) is 0 Å². The van der Waals surface area contributed by atoms with Gasteiger partial charge in [0.2, 0.25) is 0 Å². The average Bonchev–Trinajstić information content (AvgIpc) is 2.90. The van der Waals surface area contributed by atoms with Gasteiger partial charge in [0.15, 0.2) is 9.84 Å². The summed E-state index contributed by atoms with van der Waals surface area (Å²) in [4.78, 5) is 13.7. The van der Waals surface area contributed by atoms with Crippen LogP contribution in [-0.4, -0.2) is 49.0 Å². The van der Waals surface area contributed by atoms with Gasteiger partial charge in [0.1, 0.15) is 0 Å². The van der Waals surface area contributed by atoms with E-state index in [1.54, 1.807) is 4.90 Å². The fourth-order valence-corrected chi connectivity index (χ4v) is 6.12. The van der Waals surface area contributed by atoms with E-state index in [0.717, 1.165) is 44.9 Å². The SMILES string of the molecule is O=C(NC1CCCC1)N1CC(S(=O)(=O)C2CCCCC2)C1. The van der Waals surface area contributed by atoms with Gasteiger partial charge in [-0.05, 0) is 25.7 Å². The van der Waals surface area contributed by atoms with Gasteiger partial charge in [-0.1, -0.05) is 32.1 Å². The highest BCUT2D eigenvalue weighted by Crippen LogP contribution is 2.30. The highest BCUT2D eigenvalue weighted by atomic mass is 32.2. The maximum Gasteiger partial charge on any atom is 0.317 e. The van der Waals surface area contributed by atoms with E-state index < -0.39 is 9.84 Å². The third kappa shape index (κ3) is 3.20. The summed E-state index contributed by atoms with van der Waals surface area (Å²) in [6.45, 7) is 0.773. The van der Waals surface area contributed by atoms with E-state index in [9.17, 15) is 13.2 Å². The quantitative estimate of drug-likeness (QED) is 0.867. The van der Waals surface area contributed by atoms with Gasteiger partial charge in [-0.25, -0.2) is 13.2 Å². The predicted octanol–water partition coefficient (Wildman–Crippen LogP) is 2.07. The second-order valence-electron chi connectivity index (χ2n) is 6.81. The number of nitrogens with zero attached hydrogens (tertiary/aromatic N) is 1. The maximum absolute atomic E-state index is 12.5. The molecule has 1 N–H and O–H groups in total. The lowest BCUT2D eigenvalue weighted by Gasteiger charge is -2.41. The van der Waals surface area contributed by atoms with Crippen molar-refractivity contribution < 1.29 is 13.2 Å². The monoisotopic (exact) mass is 314 g/mol. The molecule has 21 heavy (non-hydrogen) atoms. The molecule has 3 aliphatic rings. The molecule has 6 heteroatoms. The molecule has 5 nitrogen and oxygen atoms in total. The molecule has 0 aromatic carbocycles. The highest BCUT2D eigenvalue weighted by molar-refractivity contribution is 7.92. The number of carbonyl (C=O) groups is 1. The summed E-state index contributed by atoms with van der Waals surface area (Å²) >= 11 is 0. The molecule has 0 aromatic heterocycles. The number of likely N-dealkylation sites (tertiary alicyclic amines) is 1. The van der Waals surface area contributed by atoms with Crippen molar-refractivity contribution in [3.63, 3.8) is 0 Å². The summed E-state index contributed by atoms with van der Waals surface area (Å²) in [5.74, 6) is 0. The predicted molar refractivity (Wildman–Crippen MR) is 81.9 cm³/mol. The Kier molecular flexibility index (Phi) is 4.43. The van der Waals surface area contributed by atoms with E-state index in [1.165, 1.54) is 12.8 Å². The van der Waals surface area contributed by atoms with Crippen molar-refractivity contribution in [2.24, 2.45) is 0 Å². The van der Waals surface area contributed by atoms with Crippen LogP contribution in [0.25, 0.3) is 0 Å². The number of amides is 2. The van der Waals surface area contributed by atoms with Crippen molar-refractivity contribution in [1.82, 2.24) is 10.2 Å². The zero-order valence-corrected chi connectivity index (χ0v) is 13.4. The molecule has 0 bridgehead atoms. The zero-order chi connectivity index (χ0) is 14.9. The van der Waals surface area contributed by atoms with Crippen LogP contribution in [0.5, 0.6) is 0 Å². The van der Waals surface area contributed by atoms with Crippen molar-refractivity contribution in [3.05, 3.63) is 0 Å². The van der Waals surface area contributed by atoms with Crippen molar-refractivity contribution >= 4 is 15.9 Å². The highest BCUT2D eigenvalue weighted by Gasteiger charge is 2.43. The van der Waals surface area contributed by atoms with Crippen LogP contribution in [0.15, 0.2) is 0 Å². The van der Waals surface area contributed by atoms with Gasteiger partial charge in [0.25, 0.3) is 0 Å². The molecule has 1 aliphatic heterocycles. The van der Waals surface area contributed by atoms with Crippen LogP contribution in [0, 0.1) is 0 Å². The molecule has 0 atom stereocenters. The molecule has 1 saturated heterocycles. The van der Waals surface area contributed by atoms with Crippen LogP contribution in [0.4, 0.5) is 4.79 Å². The van der Waals surface area contributed by atoms with Gasteiger partial charge < -0.3 is 10.2 Å². The summed E-state index contributed by atoms with van der Waals surface area (Å²) in [7, 11) is -3.04. The standard InChI is InChI=1S/C15H26N2O3S/c18-15(16-12-6-4-5-7-12)17-10-14(11-17)21(19,20)13-8-2-1-3-9-13/h12-14H,1-11H2,(H,16,18). The lowest BCUT2D eigenvalue weighted by Crippen LogP contribution is -2.61. The molecule has 3 fully saturated rings. The first-order valence-corrected chi connectivity index (χ1v) is 9.96. The molecule has 1 heterocycles. The van der Waals surface area contributed by atoms with Gasteiger partial charge >= 0.3 is 6.03 Å². The summed E-state index contributed by atoms with van der Waals surface area (Å²) in [6, 6.07) is 0.225. The fourth-order valence-electron chi connectivity index (χ4n) is 3.81. The number of nitrogens with one attached hydrogen (secondary N) is 1. The van der Waals surface area contributed by atoms with Crippen molar-refractivity contribution in [2.75, 3.05) is 13.1 Å². The first kappa shape index (κ1) is 15.1. The molecular weight excluding hydrogens is 288 g/mol. The van der Waals surface area contributed by atoms with Gasteiger partial charge in [-0.3, -0.25) is 0 Å². The van der Waals surface area contributed by atoms with E-state index in [-0.39, 0.29) is 16.5 Å². The summed E-state index contributed by atoms with van der Waals surface area (Å²) in [5.41, 5.74) is 0. The molecule has 2 aliphatic carbocycles. The molecular formula is C15H26N2O3S. The molecule has 0 spiro atoms. The normalized spacial score (nSPS) is 25.8. The Morgan fingerprint density at radius 1 is 0.857 bits per heavy atom. The van der Waals surface area contributed by atoms with Gasteiger partial charge in [0, 0.05) is 19.1 Å². The van der Waals surface area contributed by atoms with E-state index in [0.29, 0.717) is 19.1 Å². The molecule has 0 aromatic rings. The molecule has 120 valence electrons. The van der Waals surface area contributed by atoms with E-state index in [4.69, 9.17) is 0 Å². The molecule has 2 saturated carbocycles. The number of sulfone groups is 1. The summed E-state index contributed by atoms with van der Waals surface area (Å²) < 4.78 is 25.0. The van der Waals surface area contributed by atoms with Crippen molar-refractivity contribution in [2.45, 2.75) is 74.3 Å². The fraction of sp³-hybridized carbons (Fsp3) is 0.933. The second kappa shape index (κ2) is 6.15. The van der Waals surface area contributed by atoms with Crippen molar-refractivity contribution in [3.8, 4) is 0 Å². The third-order valence-electron chi connectivity index (χ3n) is 5.30. The Balaban J connectivity index is 1.48. The molecule has 0 unspecified atom stereocenters. The van der Waals surface area contributed by atoms with Gasteiger partial charge in [-0.2, -0.15) is 0 Å². The molecule has 3 rings (SSSR count). The van der Waals surface area contributed by atoms with Crippen LogP contribution < -0.4 is 5.32 Å². The third-order valence-corrected chi connectivity index (χ3v) is 7.93. The van der Waals surface area contributed by atoms with Crippen LogP contribution in [-0.2, 0) is 9.84 Å². The maximum atomic E-state index is 12.5. The van der Waals surface area contributed by atoms with Crippen LogP contribution in [0.1, 0.15) is 57.8 Å². The minimum atomic E-state index is -3.04. The van der Waals surface area contributed by atoms with E-state index in [2.05, 4.69) is 5.32 Å². The largest absolute Gasteiger partial charge is 0.335 e. The lowest BCUT2D eigenvalue weighted by atomic mass is 10.0. The smallest absolute Gasteiger partial charge is 0.317 e. The Labute approximate surface area is 127 Å². The molecule has 0 radical (unpaired) electrons. The lowest BCUT2D eigenvalue weighted by molar-refractivity contribution is 0.165. The second-order valence-corrected chi connectivity index (χ2v) is 9.32. The zero-order valence-electron chi connectivity index (χ0n) is 12.6. The summed E-state index contributed by atoms with van der Waals surface area (Å²) in [6.07, 6.45) is 9.33. The number of hydrogen-bond donors (Lipinski definition) is 1. The number of hydrogen-bond acceptors (Lipinski definition) is 3. The van der Waals surface area contributed by atoms with Gasteiger partial charge in [0.05, 0.1) is 10.5 Å². The Morgan fingerprint density at radius 2 is 1.43 bits per heavy atom. The Bertz CT molecular complexity index is 473. The topological polar surface area (TPSA) is 66.5 Å². The number of carbonyl (C=O) groups excluding carboxylic acids is 1. The minimum Gasteiger partial charge on any atom is -0.335 e. The van der Waals surface area contributed by atoms with Crippen LogP contribution >= 0.6 is 0 Å². The van der Waals surface area contributed by atoms with E-state index >= 15 is 0 Å². The number of urea groups is 1. The average molecular weight is 314 g/mol. The first-order valence-electron chi connectivity index (χ1n) is 8.35. The van der Waals surface area contributed by atoms with Gasteiger partial charge in [-0.15, -0.1) is 0 Å². The first-order chi connectivity index (χ1) is 10.1. The Hall–Kier alpha value is -0.780. The number of rotatable bonds is 3. The van der Waals surface area contributed by atoms with Crippen LogP contribution in [0.3, 0.4) is 0 Å². The molecule has 2 amide bonds. The minimum absolute atomic E-state index is 0.0722.